The number of hydrogen-bond acceptors (Lipinski definition) is 5. The predicted molar refractivity (Wildman–Crippen MR) is 74.4 cm³/mol. The summed E-state index contributed by atoms with van der Waals surface area (Å²) in [5, 5.41) is 0. The smallest absolute Gasteiger partial charge is 0.221 e. The van der Waals surface area contributed by atoms with Crippen LogP contribution in [0, 0.1) is 6.92 Å². The molecule has 1 aromatic rings. The van der Waals surface area contributed by atoms with Crippen LogP contribution in [0.2, 0.25) is 0 Å². The molecule has 1 aromatic heterocycles. The van der Waals surface area contributed by atoms with E-state index in [2.05, 4.69) is 9.97 Å². The van der Waals surface area contributed by atoms with Gasteiger partial charge in [0.05, 0.1) is 11.7 Å². The number of rotatable bonds is 4. The van der Waals surface area contributed by atoms with Crippen molar-refractivity contribution in [3.63, 3.8) is 0 Å². The first-order chi connectivity index (χ1) is 9.08. The van der Waals surface area contributed by atoms with Crippen molar-refractivity contribution in [3.8, 4) is 5.88 Å². The number of nitrogen functional groups attached to an aromatic ring is 1. The Morgan fingerprint density at radius 1 is 1.37 bits per heavy atom. The molecule has 2 rings (SSSR count). The summed E-state index contributed by atoms with van der Waals surface area (Å²) in [6.45, 7) is 7.33. The standard InChI is InChI=1S/C14H23N3O2/c1-9(2)13-16-12(15)10(3)14(17-13)19-8-11-6-4-5-7-18-11/h9,11H,4-8H2,1-3H3,(H2,15,16,17). The second-order valence-corrected chi connectivity index (χ2v) is 5.35. The Balaban J connectivity index is 2.05. The highest BCUT2D eigenvalue weighted by Gasteiger charge is 2.17. The molecule has 1 aliphatic rings. The molecule has 2 N–H and O–H groups in total. The minimum atomic E-state index is 0.173. The second kappa shape index (κ2) is 6.19. The van der Waals surface area contributed by atoms with Crippen molar-refractivity contribution in [1.82, 2.24) is 9.97 Å². The minimum absolute atomic E-state index is 0.173. The van der Waals surface area contributed by atoms with E-state index >= 15 is 0 Å². The lowest BCUT2D eigenvalue weighted by atomic mass is 10.1. The number of nitrogens with two attached hydrogens (primary N) is 1. The number of aromatic nitrogens is 2. The lowest BCUT2D eigenvalue weighted by molar-refractivity contribution is -0.0121. The van der Waals surface area contributed by atoms with E-state index in [4.69, 9.17) is 15.2 Å². The average molecular weight is 265 g/mol. The molecule has 0 amide bonds. The summed E-state index contributed by atoms with van der Waals surface area (Å²) in [4.78, 5) is 8.73. The third-order valence-electron chi connectivity index (χ3n) is 3.35. The molecule has 5 heteroatoms. The van der Waals surface area contributed by atoms with Gasteiger partial charge in [0.15, 0.2) is 0 Å². The van der Waals surface area contributed by atoms with Crippen molar-refractivity contribution < 1.29 is 9.47 Å². The molecule has 1 fully saturated rings. The fourth-order valence-electron chi connectivity index (χ4n) is 2.04. The lowest BCUT2D eigenvalue weighted by Crippen LogP contribution is -2.26. The van der Waals surface area contributed by atoms with Crippen LogP contribution >= 0.6 is 0 Å². The van der Waals surface area contributed by atoms with Crippen LogP contribution in [0.1, 0.15) is 50.4 Å². The average Bonchev–Trinajstić information content (AvgIpc) is 2.41. The molecule has 0 aromatic carbocycles. The third-order valence-corrected chi connectivity index (χ3v) is 3.35. The Morgan fingerprint density at radius 3 is 2.79 bits per heavy atom. The second-order valence-electron chi connectivity index (χ2n) is 5.35. The SMILES string of the molecule is Cc1c(N)nc(C(C)C)nc1OCC1CCCCO1. The molecular formula is C14H23N3O2. The molecule has 1 unspecified atom stereocenters. The maximum Gasteiger partial charge on any atom is 0.221 e. The van der Waals surface area contributed by atoms with E-state index < -0.39 is 0 Å². The minimum Gasteiger partial charge on any atom is -0.475 e. The van der Waals surface area contributed by atoms with Gasteiger partial charge in [-0.05, 0) is 26.2 Å². The molecule has 106 valence electrons. The maximum absolute atomic E-state index is 5.91. The Kier molecular flexibility index (Phi) is 4.58. The van der Waals surface area contributed by atoms with E-state index in [1.54, 1.807) is 0 Å². The predicted octanol–water partition coefficient (Wildman–Crippen LogP) is 2.44. The quantitative estimate of drug-likeness (QED) is 0.905. The first-order valence-electron chi connectivity index (χ1n) is 6.96. The van der Waals surface area contributed by atoms with Crippen LogP contribution < -0.4 is 10.5 Å². The monoisotopic (exact) mass is 265 g/mol. The molecule has 0 saturated carbocycles. The van der Waals surface area contributed by atoms with Gasteiger partial charge in [-0.1, -0.05) is 13.8 Å². The molecule has 0 bridgehead atoms. The highest BCUT2D eigenvalue weighted by molar-refractivity contribution is 5.44. The summed E-state index contributed by atoms with van der Waals surface area (Å²) in [5.41, 5.74) is 6.71. The van der Waals surface area contributed by atoms with Crippen LogP contribution in [-0.2, 0) is 4.74 Å². The number of hydrogen-bond donors (Lipinski definition) is 1. The van der Waals surface area contributed by atoms with Crippen LogP contribution in [0.4, 0.5) is 5.82 Å². The molecule has 19 heavy (non-hydrogen) atoms. The molecule has 5 nitrogen and oxygen atoms in total. The molecule has 1 aliphatic heterocycles. The lowest BCUT2D eigenvalue weighted by Gasteiger charge is -2.23. The molecular weight excluding hydrogens is 242 g/mol. The van der Waals surface area contributed by atoms with Crippen molar-refractivity contribution in [2.75, 3.05) is 18.9 Å². The van der Waals surface area contributed by atoms with Crippen LogP contribution in [0.5, 0.6) is 5.88 Å². The van der Waals surface area contributed by atoms with E-state index in [-0.39, 0.29) is 12.0 Å². The van der Waals surface area contributed by atoms with Gasteiger partial charge in [-0.2, -0.15) is 4.98 Å². The maximum atomic E-state index is 5.91. The van der Waals surface area contributed by atoms with Crippen molar-refractivity contribution in [3.05, 3.63) is 11.4 Å². The van der Waals surface area contributed by atoms with Gasteiger partial charge in [0, 0.05) is 12.5 Å². The largest absolute Gasteiger partial charge is 0.475 e. The Hall–Kier alpha value is -1.36. The number of anilines is 1. The first-order valence-corrected chi connectivity index (χ1v) is 6.96. The summed E-state index contributed by atoms with van der Waals surface area (Å²) in [6, 6.07) is 0. The molecule has 0 aliphatic carbocycles. The fourth-order valence-corrected chi connectivity index (χ4v) is 2.04. The van der Waals surface area contributed by atoms with E-state index in [0.717, 1.165) is 30.8 Å². The van der Waals surface area contributed by atoms with Gasteiger partial charge in [0.25, 0.3) is 0 Å². The Labute approximate surface area is 114 Å². The highest BCUT2D eigenvalue weighted by Crippen LogP contribution is 2.23. The first kappa shape index (κ1) is 14.1. The molecule has 1 saturated heterocycles. The normalized spacial score (nSPS) is 19.7. The van der Waals surface area contributed by atoms with Gasteiger partial charge in [-0.25, -0.2) is 4.98 Å². The van der Waals surface area contributed by atoms with Crippen molar-refractivity contribution >= 4 is 5.82 Å². The van der Waals surface area contributed by atoms with Crippen molar-refractivity contribution in [2.24, 2.45) is 0 Å². The highest BCUT2D eigenvalue weighted by atomic mass is 16.5. The van der Waals surface area contributed by atoms with Gasteiger partial charge in [0.1, 0.15) is 18.2 Å². The van der Waals surface area contributed by atoms with Gasteiger partial charge in [-0.3, -0.25) is 0 Å². The van der Waals surface area contributed by atoms with Gasteiger partial charge >= 0.3 is 0 Å². The topological polar surface area (TPSA) is 70.3 Å². The Morgan fingerprint density at radius 2 is 2.16 bits per heavy atom. The molecule has 1 atom stereocenters. The summed E-state index contributed by atoms with van der Waals surface area (Å²) in [6.07, 6.45) is 3.58. The zero-order chi connectivity index (χ0) is 13.8. The van der Waals surface area contributed by atoms with Crippen molar-refractivity contribution in [1.29, 1.82) is 0 Å². The van der Waals surface area contributed by atoms with Gasteiger partial charge in [-0.15, -0.1) is 0 Å². The van der Waals surface area contributed by atoms with Crippen LogP contribution in [0.25, 0.3) is 0 Å². The summed E-state index contributed by atoms with van der Waals surface area (Å²) < 4.78 is 11.4. The fraction of sp³-hybridized carbons (Fsp3) is 0.714. The molecule has 2 heterocycles. The number of ether oxygens (including phenoxy) is 2. The number of nitrogens with zero attached hydrogens (tertiary/aromatic N) is 2. The van der Waals surface area contributed by atoms with E-state index in [1.807, 2.05) is 20.8 Å². The van der Waals surface area contributed by atoms with E-state index in [1.165, 1.54) is 6.42 Å². The zero-order valence-corrected chi connectivity index (χ0v) is 12.0. The Bertz CT molecular complexity index is 429. The van der Waals surface area contributed by atoms with Crippen LogP contribution in [0.15, 0.2) is 0 Å². The summed E-state index contributed by atoms with van der Waals surface area (Å²) in [7, 11) is 0. The molecule has 0 radical (unpaired) electrons. The van der Waals surface area contributed by atoms with Crippen LogP contribution in [-0.4, -0.2) is 29.3 Å². The third kappa shape index (κ3) is 3.56. The van der Waals surface area contributed by atoms with Crippen LogP contribution in [0.3, 0.4) is 0 Å². The summed E-state index contributed by atoms with van der Waals surface area (Å²) in [5.74, 6) is 2.04. The summed E-state index contributed by atoms with van der Waals surface area (Å²) >= 11 is 0. The van der Waals surface area contributed by atoms with Gasteiger partial charge < -0.3 is 15.2 Å². The van der Waals surface area contributed by atoms with E-state index in [9.17, 15) is 0 Å². The van der Waals surface area contributed by atoms with Gasteiger partial charge in [0.2, 0.25) is 5.88 Å². The van der Waals surface area contributed by atoms with E-state index in [0.29, 0.717) is 18.3 Å². The zero-order valence-electron chi connectivity index (χ0n) is 12.0. The molecule has 0 spiro atoms. The van der Waals surface area contributed by atoms with Crippen molar-refractivity contribution in [2.45, 2.75) is 52.1 Å².